The van der Waals surface area contributed by atoms with Crippen LogP contribution in [0.15, 0.2) is 84.9 Å². The highest BCUT2D eigenvalue weighted by molar-refractivity contribution is 5.99. The Kier molecular flexibility index (Phi) is 13.8. The number of hydrogen-bond acceptors (Lipinski definition) is 7. The molecule has 0 spiro atoms. The van der Waals surface area contributed by atoms with E-state index in [1.165, 1.54) is 0 Å². The maximum atomic E-state index is 13.6. The van der Waals surface area contributed by atoms with Crippen molar-refractivity contribution >= 4 is 40.2 Å². The molecule has 10 heteroatoms. The molecule has 3 amide bonds. The molecule has 1 heterocycles. The summed E-state index contributed by atoms with van der Waals surface area (Å²) in [5.74, 6) is -2.96. The second kappa shape index (κ2) is 18.4. The van der Waals surface area contributed by atoms with Crippen LogP contribution in [0.1, 0.15) is 37.7 Å². The van der Waals surface area contributed by atoms with Crippen LogP contribution in [0.3, 0.4) is 0 Å². The molecule has 46 heavy (non-hydrogen) atoms. The molecule has 4 N–H and O–H groups in total. The predicted molar refractivity (Wildman–Crippen MR) is 176 cm³/mol. The predicted octanol–water partition coefficient (Wildman–Crippen LogP) is 3.93. The van der Waals surface area contributed by atoms with E-state index in [0.29, 0.717) is 31.4 Å². The number of carbonyl (C=O) groups excluding carboxylic acids is 4. The molecule has 1 aliphatic heterocycles. The molecule has 0 aliphatic carbocycles. The van der Waals surface area contributed by atoms with Crippen LogP contribution in [0.25, 0.3) is 10.8 Å². The van der Waals surface area contributed by atoms with Crippen molar-refractivity contribution in [1.82, 2.24) is 10.6 Å². The number of carbonyl (C=O) groups is 4. The Morgan fingerprint density at radius 1 is 0.935 bits per heavy atom. The fourth-order valence-electron chi connectivity index (χ4n) is 5.32. The van der Waals surface area contributed by atoms with E-state index in [2.05, 4.69) is 16.0 Å². The van der Waals surface area contributed by atoms with Gasteiger partial charge in [0.2, 0.25) is 11.8 Å². The summed E-state index contributed by atoms with van der Waals surface area (Å²) in [6, 6.07) is 21.8. The zero-order valence-electron chi connectivity index (χ0n) is 26.0. The monoisotopic (exact) mass is 629 g/mol. The zero-order chi connectivity index (χ0) is 32.6. The molecule has 0 aromatic heterocycles. The summed E-state index contributed by atoms with van der Waals surface area (Å²) in [5, 5.41) is 19.1. The largest absolute Gasteiger partial charge is 0.463 e. The summed E-state index contributed by atoms with van der Waals surface area (Å²) in [4.78, 5) is 53.2. The van der Waals surface area contributed by atoms with Crippen LogP contribution < -0.4 is 16.0 Å². The first-order valence-corrected chi connectivity index (χ1v) is 15.8. The Balaban J connectivity index is 1.50. The molecule has 4 rings (SSSR count). The van der Waals surface area contributed by atoms with Gasteiger partial charge >= 0.3 is 5.97 Å². The minimum atomic E-state index is -1.19. The number of nitrogens with one attached hydrogen (secondary N) is 3. The summed E-state index contributed by atoms with van der Waals surface area (Å²) < 4.78 is 10.9. The molecule has 1 aliphatic rings. The van der Waals surface area contributed by atoms with Crippen molar-refractivity contribution in [3.8, 4) is 0 Å². The van der Waals surface area contributed by atoms with Gasteiger partial charge in [-0.05, 0) is 60.6 Å². The van der Waals surface area contributed by atoms with Crippen LogP contribution in [0, 0.1) is 11.8 Å². The Hall–Kier alpha value is -4.54. The first kappa shape index (κ1) is 34.3. The van der Waals surface area contributed by atoms with E-state index in [1.54, 1.807) is 6.07 Å². The highest BCUT2D eigenvalue weighted by atomic mass is 16.5. The molecule has 0 bridgehead atoms. The number of rotatable bonds is 11. The van der Waals surface area contributed by atoms with Gasteiger partial charge in [-0.15, -0.1) is 0 Å². The van der Waals surface area contributed by atoms with Crippen LogP contribution >= 0.6 is 0 Å². The minimum Gasteiger partial charge on any atom is -0.463 e. The average Bonchev–Trinajstić information content (AvgIpc) is 3.06. The normalized spacial score (nSPS) is 19.5. The smallest absolute Gasteiger partial charge is 0.309 e. The van der Waals surface area contributed by atoms with E-state index < -0.39 is 35.7 Å². The van der Waals surface area contributed by atoms with Gasteiger partial charge in [-0.25, -0.2) is 0 Å². The van der Waals surface area contributed by atoms with Crippen molar-refractivity contribution in [3.63, 3.8) is 0 Å². The molecule has 0 fully saturated rings. The first-order valence-electron chi connectivity index (χ1n) is 15.8. The van der Waals surface area contributed by atoms with Gasteiger partial charge in [-0.2, -0.15) is 0 Å². The Morgan fingerprint density at radius 2 is 1.72 bits per heavy atom. The van der Waals surface area contributed by atoms with Crippen LogP contribution in [-0.2, 0) is 35.1 Å². The number of esters is 1. The van der Waals surface area contributed by atoms with Gasteiger partial charge in [-0.3, -0.25) is 19.2 Å². The Morgan fingerprint density at radius 3 is 2.52 bits per heavy atom. The maximum absolute atomic E-state index is 13.6. The van der Waals surface area contributed by atoms with Crippen molar-refractivity contribution in [1.29, 1.82) is 0 Å². The molecule has 0 unspecified atom stereocenters. The summed E-state index contributed by atoms with van der Waals surface area (Å²) in [6.07, 6.45) is 6.58. The number of cyclic esters (lactones) is 1. The average molecular weight is 630 g/mol. The van der Waals surface area contributed by atoms with Crippen molar-refractivity contribution in [3.05, 3.63) is 90.5 Å². The summed E-state index contributed by atoms with van der Waals surface area (Å²) in [5.41, 5.74) is 1.55. The van der Waals surface area contributed by atoms with E-state index >= 15 is 0 Å². The molecular weight excluding hydrogens is 586 g/mol. The second-order valence-corrected chi connectivity index (χ2v) is 11.4. The van der Waals surface area contributed by atoms with Crippen LogP contribution in [0.5, 0.6) is 0 Å². The van der Waals surface area contributed by atoms with Gasteiger partial charge in [-0.1, -0.05) is 72.8 Å². The SMILES string of the molecule is O=C(C[C@H]1CC=CCCC[C@H](Cc2ccccc2)C(=O)OC[C@@H](C(=O)Nc2ccc3ccccc3c2)NC1=O)NCCOCCO. The van der Waals surface area contributed by atoms with Crippen LogP contribution in [0.4, 0.5) is 5.69 Å². The quantitative estimate of drug-likeness (QED) is 0.143. The number of anilines is 1. The Labute approximate surface area is 269 Å². The fourth-order valence-corrected chi connectivity index (χ4v) is 5.32. The Bertz CT molecular complexity index is 1480. The van der Waals surface area contributed by atoms with E-state index in [-0.39, 0.29) is 45.3 Å². The van der Waals surface area contributed by atoms with E-state index in [0.717, 1.165) is 22.8 Å². The van der Waals surface area contributed by atoms with Gasteiger partial charge in [0.15, 0.2) is 0 Å². The molecule has 10 nitrogen and oxygen atoms in total. The number of benzene rings is 3. The number of ether oxygens (including phenoxy) is 2. The lowest BCUT2D eigenvalue weighted by Gasteiger charge is -2.23. The molecule has 0 saturated heterocycles. The van der Waals surface area contributed by atoms with Crippen molar-refractivity contribution < 1.29 is 33.8 Å². The molecule has 0 saturated carbocycles. The highest BCUT2D eigenvalue weighted by Crippen LogP contribution is 2.21. The number of fused-ring (bicyclic) bond motifs is 1. The number of hydrogen-bond donors (Lipinski definition) is 4. The van der Waals surface area contributed by atoms with Gasteiger partial charge in [0.05, 0.1) is 31.7 Å². The molecule has 3 aromatic rings. The standard InChI is InChI=1S/C36H43N3O7/c40-19-21-45-20-18-37-33(41)24-29-14-6-1-2-7-15-30(22-26-10-4-3-5-11-26)36(44)46-25-32(39-34(29)42)35(43)38-31-17-16-27-12-8-9-13-28(27)23-31/h1,3-6,8-13,16-17,23,29-30,32,40H,2,7,14-15,18-22,24-25H2,(H,37,41)(H,38,43)(H,39,42)/t29-,30-,32+/m1/s1. The molecule has 244 valence electrons. The zero-order valence-corrected chi connectivity index (χ0v) is 26.0. The fraction of sp³-hybridized carbons (Fsp3) is 0.389. The van der Waals surface area contributed by atoms with Gasteiger partial charge in [0.25, 0.3) is 5.91 Å². The lowest BCUT2D eigenvalue weighted by atomic mass is 9.93. The van der Waals surface area contributed by atoms with E-state index in [1.807, 2.05) is 78.9 Å². The molecular formula is C36H43N3O7. The van der Waals surface area contributed by atoms with Gasteiger partial charge < -0.3 is 30.5 Å². The summed E-state index contributed by atoms with van der Waals surface area (Å²) in [7, 11) is 0. The van der Waals surface area contributed by atoms with Crippen molar-refractivity contribution in [2.75, 3.05) is 38.3 Å². The molecule has 3 aromatic carbocycles. The first-order chi connectivity index (χ1) is 22.4. The second-order valence-electron chi connectivity index (χ2n) is 11.4. The third-order valence-corrected chi connectivity index (χ3v) is 7.82. The summed E-state index contributed by atoms with van der Waals surface area (Å²) >= 11 is 0. The topological polar surface area (TPSA) is 143 Å². The highest BCUT2D eigenvalue weighted by Gasteiger charge is 2.30. The van der Waals surface area contributed by atoms with Crippen molar-refractivity contribution in [2.24, 2.45) is 11.8 Å². The van der Waals surface area contributed by atoms with Gasteiger partial charge in [0, 0.05) is 18.7 Å². The minimum absolute atomic E-state index is 0.103. The third kappa shape index (κ3) is 11.1. The number of aliphatic hydroxyl groups is 1. The van der Waals surface area contributed by atoms with Gasteiger partial charge in [0.1, 0.15) is 12.6 Å². The molecule has 0 radical (unpaired) electrons. The number of amides is 3. The van der Waals surface area contributed by atoms with Crippen molar-refractivity contribution in [2.45, 2.75) is 44.6 Å². The maximum Gasteiger partial charge on any atom is 0.309 e. The third-order valence-electron chi connectivity index (χ3n) is 7.82. The number of aliphatic hydroxyl groups excluding tert-OH is 1. The van der Waals surface area contributed by atoms with Crippen LogP contribution in [0.2, 0.25) is 0 Å². The molecule has 3 atom stereocenters. The van der Waals surface area contributed by atoms with E-state index in [9.17, 15) is 19.2 Å². The number of allylic oxidation sites excluding steroid dienone is 2. The lowest BCUT2D eigenvalue weighted by molar-refractivity contribution is -0.151. The van der Waals surface area contributed by atoms with E-state index in [4.69, 9.17) is 14.6 Å². The summed E-state index contributed by atoms with van der Waals surface area (Å²) in [6.45, 7) is 0.176. The lowest BCUT2D eigenvalue weighted by Crippen LogP contribution is -2.49. The van der Waals surface area contributed by atoms with Crippen LogP contribution in [-0.4, -0.2) is 67.8 Å².